The number of oxazole rings is 1. The first-order valence-corrected chi connectivity index (χ1v) is 12.3. The Hall–Kier alpha value is -4.47. The number of benzene rings is 2. The normalized spacial score (nSPS) is 12.2. The number of nitrogens with zero attached hydrogens (tertiary/aromatic N) is 3. The molecule has 2 amide bonds. The van der Waals surface area contributed by atoms with E-state index in [1.807, 2.05) is 0 Å². The molecule has 1 atom stereocenters. The number of aromatic nitrogens is 3. The number of rotatable bonds is 9. The van der Waals surface area contributed by atoms with Gasteiger partial charge in [0.25, 0.3) is 5.91 Å². The summed E-state index contributed by atoms with van der Waals surface area (Å²) in [5, 5.41) is 6.45. The molecule has 16 heteroatoms. The average molecular weight is 644 g/mol. The second-order valence-corrected chi connectivity index (χ2v) is 9.15. The molecule has 2 aromatic heterocycles. The number of nitrogens with two attached hydrogens (primary N) is 1. The van der Waals surface area contributed by atoms with Crippen LogP contribution >= 0.6 is 15.9 Å². The number of alkyl carbamates (subject to hydrolysis) is 1. The van der Waals surface area contributed by atoms with Gasteiger partial charge < -0.3 is 24.9 Å². The van der Waals surface area contributed by atoms with Crippen molar-refractivity contribution in [3.05, 3.63) is 87.7 Å². The van der Waals surface area contributed by atoms with Gasteiger partial charge in [0.05, 0.1) is 11.8 Å². The molecule has 4 rings (SSSR count). The van der Waals surface area contributed by atoms with E-state index >= 15 is 0 Å². The summed E-state index contributed by atoms with van der Waals surface area (Å²) < 4.78 is 85.6. The number of primary amides is 1. The third-order valence-electron chi connectivity index (χ3n) is 5.50. The maximum absolute atomic E-state index is 14.9. The van der Waals surface area contributed by atoms with Gasteiger partial charge in [-0.3, -0.25) is 9.48 Å². The van der Waals surface area contributed by atoms with E-state index < -0.39 is 59.4 Å². The first-order valence-electron chi connectivity index (χ1n) is 11.5. The van der Waals surface area contributed by atoms with Crippen molar-refractivity contribution in [2.24, 2.45) is 12.8 Å². The molecule has 0 aliphatic heterocycles. The molecule has 0 fully saturated rings. The number of carbonyl (C=O) groups excluding carboxylic acids is 2. The van der Waals surface area contributed by atoms with E-state index in [2.05, 4.69) is 31.3 Å². The molecule has 0 spiro atoms. The van der Waals surface area contributed by atoms with Gasteiger partial charge in [-0.2, -0.15) is 18.3 Å². The van der Waals surface area contributed by atoms with Gasteiger partial charge in [0.15, 0.2) is 16.2 Å². The molecule has 0 saturated carbocycles. The zero-order valence-electron chi connectivity index (χ0n) is 20.8. The zero-order valence-corrected chi connectivity index (χ0v) is 22.4. The number of hydrogen-bond donors (Lipinski definition) is 2. The standard InChI is InChI=1S/C25H19BrF5N5O5/c1-36-10-12(9-34-36)8-33-24(38)39-11-17(40-16-7-6-15(27)18(19(16)28)22(32)37)23-35-20(21(26)41-23)13-2-4-14(5-3-13)25(29,30)31/h2-7,9-10,17H,8,11H2,1H3,(H2,32,37)(H,33,38). The Morgan fingerprint density at radius 3 is 2.49 bits per heavy atom. The number of hydrogen-bond acceptors (Lipinski definition) is 7. The Balaban J connectivity index is 1.60. The van der Waals surface area contributed by atoms with E-state index in [0.29, 0.717) is 5.56 Å². The van der Waals surface area contributed by atoms with E-state index in [1.54, 1.807) is 13.2 Å². The number of carbonyl (C=O) groups is 2. The van der Waals surface area contributed by atoms with Crippen molar-refractivity contribution in [3.63, 3.8) is 0 Å². The predicted octanol–water partition coefficient (Wildman–Crippen LogP) is 5.28. The summed E-state index contributed by atoms with van der Waals surface area (Å²) in [5.41, 5.74) is 4.07. The van der Waals surface area contributed by atoms with E-state index in [1.165, 1.54) is 10.9 Å². The van der Waals surface area contributed by atoms with Gasteiger partial charge in [0.1, 0.15) is 23.7 Å². The molecule has 0 aliphatic rings. The molecular formula is C25H19BrF5N5O5. The van der Waals surface area contributed by atoms with Crippen molar-refractivity contribution in [1.82, 2.24) is 20.1 Å². The molecule has 4 aromatic rings. The Morgan fingerprint density at radius 2 is 1.88 bits per heavy atom. The lowest BCUT2D eigenvalue weighted by Gasteiger charge is -2.18. The highest BCUT2D eigenvalue weighted by molar-refractivity contribution is 9.10. The molecule has 41 heavy (non-hydrogen) atoms. The maximum atomic E-state index is 14.9. The molecular weight excluding hydrogens is 625 g/mol. The molecule has 0 radical (unpaired) electrons. The van der Waals surface area contributed by atoms with Gasteiger partial charge in [0.2, 0.25) is 12.0 Å². The summed E-state index contributed by atoms with van der Waals surface area (Å²) in [6.07, 6.45) is -3.76. The molecule has 2 heterocycles. The van der Waals surface area contributed by atoms with Crippen LogP contribution in [0, 0.1) is 11.6 Å². The quantitative estimate of drug-likeness (QED) is 0.237. The van der Waals surface area contributed by atoms with Crippen LogP contribution in [0.25, 0.3) is 11.3 Å². The number of amides is 2. The molecule has 10 nitrogen and oxygen atoms in total. The summed E-state index contributed by atoms with van der Waals surface area (Å²) in [6, 6.07) is 5.63. The topological polar surface area (TPSA) is 134 Å². The Kier molecular flexibility index (Phi) is 8.60. The highest BCUT2D eigenvalue weighted by Gasteiger charge is 2.31. The van der Waals surface area contributed by atoms with Gasteiger partial charge in [-0.05, 0) is 40.2 Å². The number of nitrogens with one attached hydrogen (secondary N) is 1. The summed E-state index contributed by atoms with van der Waals surface area (Å²) in [7, 11) is 1.69. The minimum Gasteiger partial charge on any atom is -0.474 e. The lowest BCUT2D eigenvalue weighted by atomic mass is 10.1. The fourth-order valence-corrected chi connectivity index (χ4v) is 4.03. The van der Waals surface area contributed by atoms with Crippen molar-refractivity contribution < 1.29 is 45.4 Å². The molecule has 0 aliphatic carbocycles. The predicted molar refractivity (Wildman–Crippen MR) is 134 cm³/mol. The third-order valence-corrected chi connectivity index (χ3v) is 6.03. The first-order chi connectivity index (χ1) is 19.3. The van der Waals surface area contributed by atoms with Crippen LogP contribution in [0.15, 0.2) is 57.9 Å². The average Bonchev–Trinajstić information content (AvgIpc) is 3.50. The lowest BCUT2D eigenvalue weighted by Crippen LogP contribution is -2.27. The van der Waals surface area contributed by atoms with Crippen LogP contribution in [0.4, 0.5) is 26.7 Å². The highest BCUT2D eigenvalue weighted by atomic mass is 79.9. The largest absolute Gasteiger partial charge is 0.474 e. The maximum Gasteiger partial charge on any atom is 0.416 e. The van der Waals surface area contributed by atoms with E-state index in [-0.39, 0.29) is 28.4 Å². The van der Waals surface area contributed by atoms with E-state index in [0.717, 1.165) is 36.4 Å². The zero-order chi connectivity index (χ0) is 29.9. The van der Waals surface area contributed by atoms with Crippen LogP contribution < -0.4 is 15.8 Å². The van der Waals surface area contributed by atoms with Crippen LogP contribution in [0.3, 0.4) is 0 Å². The third kappa shape index (κ3) is 7.00. The van der Waals surface area contributed by atoms with Crippen molar-refractivity contribution in [1.29, 1.82) is 0 Å². The fourth-order valence-electron chi connectivity index (χ4n) is 3.55. The van der Waals surface area contributed by atoms with Gasteiger partial charge in [-0.25, -0.2) is 18.6 Å². The first kappa shape index (κ1) is 29.5. The molecule has 2 aromatic carbocycles. The van der Waals surface area contributed by atoms with Gasteiger partial charge >= 0.3 is 12.3 Å². The second-order valence-electron chi connectivity index (χ2n) is 8.43. The van der Waals surface area contributed by atoms with Crippen molar-refractivity contribution >= 4 is 27.9 Å². The van der Waals surface area contributed by atoms with Gasteiger partial charge in [-0.15, -0.1) is 0 Å². The van der Waals surface area contributed by atoms with Crippen LogP contribution in [0.5, 0.6) is 5.75 Å². The minimum absolute atomic E-state index is 0.0284. The van der Waals surface area contributed by atoms with E-state index in [9.17, 15) is 31.5 Å². The molecule has 1 unspecified atom stereocenters. The smallest absolute Gasteiger partial charge is 0.416 e. The number of halogens is 6. The van der Waals surface area contributed by atoms with E-state index in [4.69, 9.17) is 19.6 Å². The minimum atomic E-state index is -4.55. The van der Waals surface area contributed by atoms with Crippen LogP contribution in [0.1, 0.15) is 33.5 Å². The molecule has 0 bridgehead atoms. The number of aryl methyl sites for hydroxylation is 1. The molecule has 216 valence electrons. The van der Waals surface area contributed by atoms with Crippen LogP contribution in [0.2, 0.25) is 0 Å². The monoisotopic (exact) mass is 643 g/mol. The number of alkyl halides is 3. The molecule has 3 N–H and O–H groups in total. The Morgan fingerprint density at radius 1 is 1.17 bits per heavy atom. The second kappa shape index (κ2) is 12.0. The van der Waals surface area contributed by atoms with Crippen LogP contribution in [-0.4, -0.2) is 33.4 Å². The van der Waals surface area contributed by atoms with Crippen LogP contribution in [-0.2, 0) is 24.5 Å². The number of ether oxygens (including phenoxy) is 2. The SMILES string of the molecule is Cn1cc(CNC(=O)OCC(Oc2ccc(F)c(C(N)=O)c2F)c2nc(-c3ccc(C(F)(F)F)cc3)c(Br)o2)cn1. The summed E-state index contributed by atoms with van der Waals surface area (Å²) in [6.45, 7) is -0.559. The summed E-state index contributed by atoms with van der Waals surface area (Å²) in [5.74, 6) is -4.98. The fraction of sp³-hybridized carbons (Fsp3) is 0.200. The van der Waals surface area contributed by atoms with Crippen molar-refractivity contribution in [3.8, 4) is 17.0 Å². The van der Waals surface area contributed by atoms with Gasteiger partial charge in [0, 0.05) is 30.9 Å². The highest BCUT2D eigenvalue weighted by Crippen LogP contribution is 2.36. The summed E-state index contributed by atoms with van der Waals surface area (Å²) >= 11 is 3.13. The van der Waals surface area contributed by atoms with Gasteiger partial charge in [-0.1, -0.05) is 12.1 Å². The van der Waals surface area contributed by atoms with Crippen molar-refractivity contribution in [2.45, 2.75) is 18.8 Å². The lowest BCUT2D eigenvalue weighted by molar-refractivity contribution is -0.137. The summed E-state index contributed by atoms with van der Waals surface area (Å²) in [4.78, 5) is 28.1. The Labute approximate surface area is 236 Å². The van der Waals surface area contributed by atoms with Crippen molar-refractivity contribution in [2.75, 3.05) is 6.61 Å². The Bertz CT molecular complexity index is 1570. The molecule has 0 saturated heterocycles.